The first-order valence-electron chi connectivity index (χ1n) is 5.44. The summed E-state index contributed by atoms with van der Waals surface area (Å²) in [5.41, 5.74) is 1.63. The predicted molar refractivity (Wildman–Crippen MR) is 63.8 cm³/mol. The quantitative estimate of drug-likeness (QED) is 0.832. The molecular weight excluding hydrogens is 226 g/mol. The minimum atomic E-state index is -0.234. The highest BCUT2D eigenvalue weighted by Gasteiger charge is 2.21. The summed E-state index contributed by atoms with van der Waals surface area (Å²) >= 11 is 5.96. The van der Waals surface area contributed by atoms with Crippen LogP contribution in [-0.4, -0.2) is 34.3 Å². The Morgan fingerprint density at radius 3 is 2.88 bits per heavy atom. The summed E-state index contributed by atoms with van der Waals surface area (Å²) < 4.78 is 0. The van der Waals surface area contributed by atoms with Gasteiger partial charge in [0.05, 0.1) is 6.10 Å². The number of hydrogen-bond acceptors (Lipinski definition) is 3. The largest absolute Gasteiger partial charge is 0.507 e. The van der Waals surface area contributed by atoms with Gasteiger partial charge < -0.3 is 10.2 Å². The molecule has 1 aromatic rings. The summed E-state index contributed by atoms with van der Waals surface area (Å²) in [7, 11) is 0. The molecule has 16 heavy (non-hydrogen) atoms. The van der Waals surface area contributed by atoms with E-state index < -0.39 is 0 Å². The second-order valence-electron chi connectivity index (χ2n) is 4.41. The molecule has 0 spiro atoms. The second kappa shape index (κ2) is 4.62. The standard InChI is InChI=1S/C12H16ClNO2/c1-8-4-10(13)5-9(12(8)16)6-14-3-2-11(15)7-14/h4-5,11,15-16H,2-3,6-7H2,1H3/t11-/m1/s1. The van der Waals surface area contributed by atoms with Crippen LogP contribution in [0.2, 0.25) is 5.02 Å². The minimum Gasteiger partial charge on any atom is -0.507 e. The van der Waals surface area contributed by atoms with E-state index in [1.807, 2.05) is 6.92 Å². The van der Waals surface area contributed by atoms with Crippen LogP contribution in [0.4, 0.5) is 0 Å². The number of hydrogen-bond donors (Lipinski definition) is 2. The molecule has 3 nitrogen and oxygen atoms in total. The maximum Gasteiger partial charge on any atom is 0.123 e. The van der Waals surface area contributed by atoms with Gasteiger partial charge in [0.2, 0.25) is 0 Å². The lowest BCUT2D eigenvalue weighted by molar-refractivity contribution is 0.174. The molecule has 4 heteroatoms. The van der Waals surface area contributed by atoms with Crippen LogP contribution in [0.1, 0.15) is 17.5 Å². The zero-order valence-electron chi connectivity index (χ0n) is 9.28. The van der Waals surface area contributed by atoms with Crippen molar-refractivity contribution in [1.29, 1.82) is 0 Å². The molecule has 0 amide bonds. The number of phenols is 1. The summed E-state index contributed by atoms with van der Waals surface area (Å²) in [6, 6.07) is 3.54. The zero-order chi connectivity index (χ0) is 11.7. The Bertz CT molecular complexity index is 395. The molecule has 1 atom stereocenters. The lowest BCUT2D eigenvalue weighted by Gasteiger charge is -2.16. The Labute approximate surface area is 100 Å². The fraction of sp³-hybridized carbons (Fsp3) is 0.500. The van der Waals surface area contributed by atoms with Crippen molar-refractivity contribution >= 4 is 11.6 Å². The fourth-order valence-corrected chi connectivity index (χ4v) is 2.42. The van der Waals surface area contributed by atoms with Gasteiger partial charge in [-0.3, -0.25) is 4.90 Å². The Morgan fingerprint density at radius 2 is 2.25 bits per heavy atom. The van der Waals surface area contributed by atoms with Crippen LogP contribution < -0.4 is 0 Å². The van der Waals surface area contributed by atoms with Gasteiger partial charge in [-0.1, -0.05) is 11.6 Å². The minimum absolute atomic E-state index is 0.234. The van der Waals surface area contributed by atoms with Crippen molar-refractivity contribution < 1.29 is 10.2 Å². The van der Waals surface area contributed by atoms with Crippen molar-refractivity contribution in [2.45, 2.75) is 26.0 Å². The molecular formula is C12H16ClNO2. The maximum atomic E-state index is 9.90. The van der Waals surface area contributed by atoms with E-state index >= 15 is 0 Å². The number of aryl methyl sites for hydroxylation is 1. The van der Waals surface area contributed by atoms with Gasteiger partial charge in [0.25, 0.3) is 0 Å². The van der Waals surface area contributed by atoms with Gasteiger partial charge >= 0.3 is 0 Å². The lowest BCUT2D eigenvalue weighted by atomic mass is 10.1. The summed E-state index contributed by atoms with van der Waals surface area (Å²) in [6.07, 6.45) is 0.572. The number of aliphatic hydroxyl groups is 1. The number of rotatable bonds is 2. The number of halogens is 1. The van der Waals surface area contributed by atoms with Gasteiger partial charge in [-0.15, -0.1) is 0 Å². The van der Waals surface area contributed by atoms with Gasteiger partial charge in [-0.25, -0.2) is 0 Å². The summed E-state index contributed by atoms with van der Waals surface area (Å²) in [5.74, 6) is 0.311. The molecule has 0 saturated carbocycles. The summed E-state index contributed by atoms with van der Waals surface area (Å²) in [6.45, 7) is 4.02. The first-order valence-corrected chi connectivity index (χ1v) is 5.82. The Balaban J connectivity index is 2.15. The van der Waals surface area contributed by atoms with Gasteiger partial charge in [0.15, 0.2) is 0 Å². The van der Waals surface area contributed by atoms with Crippen LogP contribution in [-0.2, 0) is 6.54 Å². The van der Waals surface area contributed by atoms with Crippen LogP contribution in [0.3, 0.4) is 0 Å². The van der Waals surface area contributed by atoms with E-state index in [2.05, 4.69) is 4.90 Å². The van der Waals surface area contributed by atoms with E-state index in [0.717, 1.165) is 24.1 Å². The number of aromatic hydroxyl groups is 1. The van der Waals surface area contributed by atoms with E-state index in [0.29, 0.717) is 23.9 Å². The molecule has 1 aliphatic heterocycles. The van der Waals surface area contributed by atoms with Crippen molar-refractivity contribution in [3.8, 4) is 5.75 Å². The highest BCUT2D eigenvalue weighted by molar-refractivity contribution is 6.30. The molecule has 0 unspecified atom stereocenters. The molecule has 88 valence electrons. The van der Waals surface area contributed by atoms with E-state index in [-0.39, 0.29) is 6.10 Å². The van der Waals surface area contributed by atoms with Crippen molar-refractivity contribution in [2.75, 3.05) is 13.1 Å². The molecule has 2 N–H and O–H groups in total. The second-order valence-corrected chi connectivity index (χ2v) is 4.84. The molecule has 1 saturated heterocycles. The first kappa shape index (κ1) is 11.7. The molecule has 0 aliphatic carbocycles. The average molecular weight is 242 g/mol. The molecule has 0 aromatic heterocycles. The number of phenolic OH excluding ortho intramolecular Hbond substituents is 1. The van der Waals surface area contributed by atoms with Gasteiger partial charge in [-0.05, 0) is 31.0 Å². The monoisotopic (exact) mass is 241 g/mol. The Kier molecular flexibility index (Phi) is 3.38. The number of aliphatic hydroxyl groups excluding tert-OH is 1. The Hall–Kier alpha value is -0.770. The number of benzene rings is 1. The van der Waals surface area contributed by atoms with Crippen molar-refractivity contribution in [2.24, 2.45) is 0 Å². The number of nitrogens with zero attached hydrogens (tertiary/aromatic N) is 1. The Morgan fingerprint density at radius 1 is 1.50 bits per heavy atom. The van der Waals surface area contributed by atoms with Crippen molar-refractivity contribution in [1.82, 2.24) is 4.90 Å². The molecule has 1 heterocycles. The third-order valence-electron chi connectivity index (χ3n) is 2.99. The molecule has 1 aromatic carbocycles. The van der Waals surface area contributed by atoms with Crippen LogP contribution in [0, 0.1) is 6.92 Å². The van der Waals surface area contributed by atoms with Gasteiger partial charge in [0, 0.05) is 30.2 Å². The van der Waals surface area contributed by atoms with Crippen LogP contribution in [0.5, 0.6) is 5.75 Å². The highest BCUT2D eigenvalue weighted by atomic mass is 35.5. The smallest absolute Gasteiger partial charge is 0.123 e. The fourth-order valence-electron chi connectivity index (χ4n) is 2.12. The van der Waals surface area contributed by atoms with Crippen LogP contribution in [0.25, 0.3) is 0 Å². The lowest BCUT2D eigenvalue weighted by Crippen LogP contribution is -2.21. The summed E-state index contributed by atoms with van der Waals surface area (Å²) in [5, 5.41) is 20.0. The average Bonchev–Trinajstić information content (AvgIpc) is 2.60. The van der Waals surface area contributed by atoms with E-state index in [9.17, 15) is 10.2 Å². The van der Waals surface area contributed by atoms with Gasteiger partial charge in [0.1, 0.15) is 5.75 Å². The number of likely N-dealkylation sites (tertiary alicyclic amines) is 1. The topological polar surface area (TPSA) is 43.7 Å². The highest BCUT2D eigenvalue weighted by Crippen LogP contribution is 2.28. The zero-order valence-corrected chi connectivity index (χ0v) is 10.0. The SMILES string of the molecule is Cc1cc(Cl)cc(CN2CC[C@@H](O)C2)c1O. The first-order chi connectivity index (χ1) is 7.56. The molecule has 1 fully saturated rings. The van der Waals surface area contributed by atoms with Crippen LogP contribution >= 0.6 is 11.6 Å². The van der Waals surface area contributed by atoms with E-state index in [4.69, 9.17) is 11.6 Å². The normalized spacial score (nSPS) is 21.6. The molecule has 0 radical (unpaired) electrons. The third-order valence-corrected chi connectivity index (χ3v) is 3.20. The van der Waals surface area contributed by atoms with Crippen molar-refractivity contribution in [3.63, 3.8) is 0 Å². The van der Waals surface area contributed by atoms with Gasteiger partial charge in [-0.2, -0.15) is 0 Å². The molecule has 0 bridgehead atoms. The van der Waals surface area contributed by atoms with E-state index in [1.165, 1.54) is 0 Å². The third kappa shape index (κ3) is 2.48. The summed E-state index contributed by atoms with van der Waals surface area (Å²) in [4.78, 5) is 2.12. The maximum absolute atomic E-state index is 9.90. The van der Waals surface area contributed by atoms with Crippen molar-refractivity contribution in [3.05, 3.63) is 28.3 Å². The molecule has 2 rings (SSSR count). The molecule has 1 aliphatic rings. The van der Waals surface area contributed by atoms with E-state index in [1.54, 1.807) is 12.1 Å². The van der Waals surface area contributed by atoms with Crippen LogP contribution in [0.15, 0.2) is 12.1 Å². The predicted octanol–water partition coefficient (Wildman–Crippen LogP) is 1.92. The number of β-amino-alcohol motifs (C(OH)–C–C–N with tert-alkyl or cyclic N) is 1.